The Morgan fingerprint density at radius 3 is 2.45 bits per heavy atom. The maximum atomic E-state index is 11.3. The van der Waals surface area contributed by atoms with Gasteiger partial charge in [-0.25, -0.2) is 0 Å². The number of allylic oxidation sites excluding steroid dienone is 1. The number of rotatable bonds is 5. The zero-order chi connectivity index (χ0) is 8.85. The molecule has 2 N–H and O–H groups in total. The highest BCUT2D eigenvalue weighted by Crippen LogP contribution is 2.12. The molecule has 0 aromatic heterocycles. The van der Waals surface area contributed by atoms with Crippen LogP contribution in [-0.2, 0) is 4.79 Å². The van der Waals surface area contributed by atoms with E-state index in [0.717, 1.165) is 0 Å². The number of hydrogen-bond acceptors (Lipinski definition) is 2. The molecule has 64 valence electrons. The Morgan fingerprint density at radius 2 is 2.18 bits per heavy atom. The van der Waals surface area contributed by atoms with Gasteiger partial charge in [0.1, 0.15) is 5.78 Å². The molecular formula is C9H17NO. The Hall–Kier alpha value is -0.630. The Balaban J connectivity index is 4.02. The lowest BCUT2D eigenvalue weighted by atomic mass is 9.90. The van der Waals surface area contributed by atoms with Gasteiger partial charge in [-0.15, -0.1) is 6.58 Å². The molecule has 1 unspecified atom stereocenters. The predicted octanol–water partition coefficient (Wildman–Crippen LogP) is 1.36. The largest absolute Gasteiger partial charge is 0.330 e. The number of carbonyl (C=O) groups excluding carboxylic acids is 1. The topological polar surface area (TPSA) is 43.1 Å². The smallest absolute Gasteiger partial charge is 0.141 e. The van der Waals surface area contributed by atoms with Gasteiger partial charge >= 0.3 is 0 Å². The first-order chi connectivity index (χ1) is 5.13. The number of hydrogen-bond donors (Lipinski definition) is 1. The number of nitrogens with two attached hydrogens (primary N) is 1. The molecule has 0 saturated carbocycles. The fraction of sp³-hybridized carbons (Fsp3) is 0.667. The molecule has 0 saturated heterocycles. The highest BCUT2D eigenvalue weighted by atomic mass is 16.1. The van der Waals surface area contributed by atoms with Gasteiger partial charge in [0, 0.05) is 18.9 Å². The Labute approximate surface area is 68.5 Å². The summed E-state index contributed by atoms with van der Waals surface area (Å²) in [5, 5.41) is 0. The molecule has 0 aliphatic rings. The molecule has 0 rings (SSSR count). The van der Waals surface area contributed by atoms with E-state index in [1.165, 1.54) is 0 Å². The van der Waals surface area contributed by atoms with Crippen LogP contribution in [0.4, 0.5) is 0 Å². The molecule has 0 heterocycles. The van der Waals surface area contributed by atoms with E-state index in [0.29, 0.717) is 18.9 Å². The van der Waals surface area contributed by atoms with Gasteiger partial charge in [-0.1, -0.05) is 19.9 Å². The summed E-state index contributed by atoms with van der Waals surface area (Å²) in [6, 6.07) is 0. The molecular weight excluding hydrogens is 138 g/mol. The van der Waals surface area contributed by atoms with Crippen molar-refractivity contribution in [2.45, 2.75) is 20.3 Å². The van der Waals surface area contributed by atoms with Crippen molar-refractivity contribution < 1.29 is 4.79 Å². The summed E-state index contributed by atoms with van der Waals surface area (Å²) in [5.74, 6) is 0.554. The molecule has 0 radical (unpaired) electrons. The van der Waals surface area contributed by atoms with Crippen LogP contribution in [0.2, 0.25) is 0 Å². The molecule has 1 atom stereocenters. The van der Waals surface area contributed by atoms with Crippen LogP contribution in [-0.4, -0.2) is 12.3 Å². The van der Waals surface area contributed by atoms with E-state index in [9.17, 15) is 4.79 Å². The minimum atomic E-state index is 0.00741. The van der Waals surface area contributed by atoms with Gasteiger partial charge in [0.05, 0.1) is 0 Å². The van der Waals surface area contributed by atoms with Gasteiger partial charge in [0.15, 0.2) is 0 Å². The summed E-state index contributed by atoms with van der Waals surface area (Å²) >= 11 is 0. The average Bonchev–Trinajstić information content (AvgIpc) is 1.88. The van der Waals surface area contributed by atoms with Crippen molar-refractivity contribution in [1.29, 1.82) is 0 Å². The van der Waals surface area contributed by atoms with Gasteiger partial charge in [-0.05, 0) is 5.92 Å². The zero-order valence-corrected chi connectivity index (χ0v) is 7.34. The number of Topliss-reactive ketones (excluding diaryl/α,β-unsaturated/α-hetero) is 1. The molecule has 0 aromatic carbocycles. The molecule has 0 aromatic rings. The summed E-state index contributed by atoms with van der Waals surface area (Å²) in [6.07, 6.45) is 2.08. The van der Waals surface area contributed by atoms with Crippen molar-refractivity contribution in [2.24, 2.45) is 17.6 Å². The molecule has 0 aliphatic carbocycles. The molecule has 0 spiro atoms. The fourth-order valence-electron chi connectivity index (χ4n) is 1.07. The van der Waals surface area contributed by atoms with E-state index in [1.807, 2.05) is 13.8 Å². The Bertz CT molecular complexity index is 140. The lowest BCUT2D eigenvalue weighted by molar-refractivity contribution is -0.122. The van der Waals surface area contributed by atoms with Crippen LogP contribution in [0.1, 0.15) is 20.3 Å². The summed E-state index contributed by atoms with van der Waals surface area (Å²) < 4.78 is 0. The van der Waals surface area contributed by atoms with Crippen LogP contribution in [0.15, 0.2) is 12.7 Å². The zero-order valence-electron chi connectivity index (χ0n) is 7.34. The first kappa shape index (κ1) is 10.4. The van der Waals surface area contributed by atoms with Gasteiger partial charge in [0.2, 0.25) is 0 Å². The minimum absolute atomic E-state index is 0.00741. The third-order valence-electron chi connectivity index (χ3n) is 1.82. The van der Waals surface area contributed by atoms with Crippen LogP contribution in [0.5, 0.6) is 0 Å². The number of carbonyl (C=O) groups is 1. The van der Waals surface area contributed by atoms with Crippen molar-refractivity contribution in [1.82, 2.24) is 0 Å². The van der Waals surface area contributed by atoms with Crippen LogP contribution in [0, 0.1) is 11.8 Å². The van der Waals surface area contributed by atoms with E-state index in [-0.39, 0.29) is 11.7 Å². The summed E-state index contributed by atoms with van der Waals surface area (Å²) in [6.45, 7) is 7.99. The van der Waals surface area contributed by atoms with Gasteiger partial charge in [-0.3, -0.25) is 4.79 Å². The summed E-state index contributed by atoms with van der Waals surface area (Å²) in [5.41, 5.74) is 5.45. The van der Waals surface area contributed by atoms with E-state index in [2.05, 4.69) is 6.58 Å². The van der Waals surface area contributed by atoms with E-state index in [1.54, 1.807) is 6.08 Å². The lowest BCUT2D eigenvalue weighted by Crippen LogP contribution is -2.27. The van der Waals surface area contributed by atoms with Crippen molar-refractivity contribution in [2.75, 3.05) is 6.54 Å². The minimum Gasteiger partial charge on any atom is -0.330 e. The summed E-state index contributed by atoms with van der Waals surface area (Å²) in [4.78, 5) is 11.3. The molecule has 0 aliphatic heterocycles. The fourth-order valence-corrected chi connectivity index (χ4v) is 1.07. The SMILES string of the molecule is C=CCC(=O)C(CN)C(C)C. The molecule has 2 nitrogen and oxygen atoms in total. The second-order valence-electron chi connectivity index (χ2n) is 3.05. The average molecular weight is 155 g/mol. The van der Waals surface area contributed by atoms with Gasteiger partial charge in [-0.2, -0.15) is 0 Å². The normalized spacial score (nSPS) is 13.1. The molecule has 0 amide bonds. The van der Waals surface area contributed by atoms with Crippen LogP contribution in [0.3, 0.4) is 0 Å². The first-order valence-corrected chi connectivity index (χ1v) is 3.97. The standard InChI is InChI=1S/C9H17NO/c1-4-5-9(11)8(6-10)7(2)3/h4,7-8H,1,5-6,10H2,2-3H3. The number of ketones is 1. The summed E-state index contributed by atoms with van der Waals surface area (Å²) in [7, 11) is 0. The Kier molecular flexibility index (Phi) is 4.79. The molecule has 0 bridgehead atoms. The Morgan fingerprint density at radius 1 is 1.64 bits per heavy atom. The quantitative estimate of drug-likeness (QED) is 0.609. The first-order valence-electron chi connectivity index (χ1n) is 3.97. The predicted molar refractivity (Wildman–Crippen MR) is 47.2 cm³/mol. The second-order valence-corrected chi connectivity index (χ2v) is 3.05. The third kappa shape index (κ3) is 3.33. The van der Waals surface area contributed by atoms with E-state index in [4.69, 9.17) is 5.73 Å². The highest BCUT2D eigenvalue weighted by Gasteiger charge is 2.18. The van der Waals surface area contributed by atoms with Crippen molar-refractivity contribution in [3.63, 3.8) is 0 Å². The monoisotopic (exact) mass is 155 g/mol. The maximum Gasteiger partial charge on any atom is 0.141 e. The van der Waals surface area contributed by atoms with Crippen molar-refractivity contribution in [3.05, 3.63) is 12.7 Å². The van der Waals surface area contributed by atoms with Gasteiger partial charge < -0.3 is 5.73 Å². The highest BCUT2D eigenvalue weighted by molar-refractivity contribution is 5.82. The maximum absolute atomic E-state index is 11.3. The van der Waals surface area contributed by atoms with Crippen molar-refractivity contribution >= 4 is 5.78 Å². The lowest BCUT2D eigenvalue weighted by Gasteiger charge is -2.15. The molecule has 11 heavy (non-hydrogen) atoms. The van der Waals surface area contributed by atoms with Crippen molar-refractivity contribution in [3.8, 4) is 0 Å². The second kappa shape index (κ2) is 5.08. The van der Waals surface area contributed by atoms with E-state index < -0.39 is 0 Å². The molecule has 0 fully saturated rings. The van der Waals surface area contributed by atoms with Crippen LogP contribution in [0.25, 0.3) is 0 Å². The third-order valence-corrected chi connectivity index (χ3v) is 1.82. The van der Waals surface area contributed by atoms with Gasteiger partial charge in [0.25, 0.3) is 0 Å². The van der Waals surface area contributed by atoms with Crippen LogP contribution >= 0.6 is 0 Å². The van der Waals surface area contributed by atoms with E-state index >= 15 is 0 Å². The van der Waals surface area contributed by atoms with Crippen LogP contribution < -0.4 is 5.73 Å². The molecule has 2 heteroatoms.